The summed E-state index contributed by atoms with van der Waals surface area (Å²) in [6, 6.07) is 0.300. The maximum absolute atomic E-state index is 12.7. The van der Waals surface area contributed by atoms with E-state index in [1.165, 1.54) is 37.4 Å². The molecule has 1 aromatic rings. The van der Waals surface area contributed by atoms with Crippen molar-refractivity contribution in [3.63, 3.8) is 0 Å². The molecule has 0 saturated heterocycles. The minimum Gasteiger partial charge on any atom is -0.349 e. The highest BCUT2D eigenvalue weighted by molar-refractivity contribution is 7.98. The van der Waals surface area contributed by atoms with Gasteiger partial charge in [0.15, 0.2) is 0 Å². The second-order valence-corrected chi connectivity index (χ2v) is 7.16. The van der Waals surface area contributed by atoms with Gasteiger partial charge in [-0.1, -0.05) is 39.5 Å². The van der Waals surface area contributed by atoms with Gasteiger partial charge >= 0.3 is 0 Å². The summed E-state index contributed by atoms with van der Waals surface area (Å²) in [4.78, 5) is 21.8. The van der Waals surface area contributed by atoms with Gasteiger partial charge in [-0.3, -0.25) is 4.79 Å². The highest BCUT2D eigenvalue weighted by Gasteiger charge is 2.22. The molecule has 1 heterocycles. The molecule has 1 fully saturated rings. The van der Waals surface area contributed by atoms with E-state index in [1.54, 1.807) is 0 Å². The molecule has 0 bridgehead atoms. The van der Waals surface area contributed by atoms with Crippen LogP contribution in [0, 0.1) is 6.92 Å². The first-order chi connectivity index (χ1) is 10.5. The van der Waals surface area contributed by atoms with Crippen LogP contribution in [0.3, 0.4) is 0 Å². The molecule has 1 N–H and O–H groups in total. The highest BCUT2D eigenvalue weighted by Crippen LogP contribution is 2.24. The molecule has 0 atom stereocenters. The fraction of sp³-hybridized carbons (Fsp3) is 0.706. The average Bonchev–Trinajstić information content (AvgIpc) is 2.74. The zero-order valence-corrected chi connectivity index (χ0v) is 14.9. The predicted molar refractivity (Wildman–Crippen MR) is 91.6 cm³/mol. The van der Waals surface area contributed by atoms with E-state index >= 15 is 0 Å². The van der Waals surface area contributed by atoms with Gasteiger partial charge in [0.05, 0.1) is 11.3 Å². The summed E-state index contributed by atoms with van der Waals surface area (Å²) in [6.07, 6.45) is 9.13. The second kappa shape index (κ2) is 7.95. The van der Waals surface area contributed by atoms with E-state index in [9.17, 15) is 4.79 Å². The van der Waals surface area contributed by atoms with Crippen molar-refractivity contribution in [2.75, 3.05) is 6.26 Å². The van der Waals surface area contributed by atoms with Crippen LogP contribution in [0.4, 0.5) is 0 Å². The smallest absolute Gasteiger partial charge is 0.256 e. The molecule has 0 radical (unpaired) electrons. The summed E-state index contributed by atoms with van der Waals surface area (Å²) in [5.74, 6) is 1.07. The molecule has 4 nitrogen and oxygen atoms in total. The van der Waals surface area contributed by atoms with Crippen molar-refractivity contribution in [3.8, 4) is 0 Å². The minimum atomic E-state index is -0.0101. The Morgan fingerprint density at radius 1 is 1.18 bits per heavy atom. The molecule has 122 valence electrons. The largest absolute Gasteiger partial charge is 0.349 e. The van der Waals surface area contributed by atoms with Crippen molar-refractivity contribution in [2.24, 2.45) is 0 Å². The summed E-state index contributed by atoms with van der Waals surface area (Å²) in [7, 11) is 0. The number of carbonyl (C=O) groups excluding carboxylic acids is 1. The van der Waals surface area contributed by atoms with Crippen LogP contribution in [0.1, 0.15) is 80.2 Å². The normalized spacial score (nSPS) is 16.6. The quantitative estimate of drug-likeness (QED) is 0.516. The number of nitrogens with one attached hydrogen (secondary N) is 1. The summed E-state index contributed by atoms with van der Waals surface area (Å²) >= 11 is 1.52. The molecular formula is C17H27N3OS. The lowest BCUT2D eigenvalue weighted by molar-refractivity contribution is 0.0928. The van der Waals surface area contributed by atoms with E-state index in [0.717, 1.165) is 29.4 Å². The third-order valence-corrected chi connectivity index (χ3v) is 4.88. The van der Waals surface area contributed by atoms with Crippen LogP contribution in [0.25, 0.3) is 0 Å². The first kappa shape index (κ1) is 17.3. The van der Waals surface area contributed by atoms with Crippen molar-refractivity contribution in [1.29, 1.82) is 0 Å². The Labute approximate surface area is 137 Å². The lowest BCUT2D eigenvalue weighted by Gasteiger charge is -2.18. The Balaban J connectivity index is 2.21. The molecule has 1 amide bonds. The topological polar surface area (TPSA) is 54.9 Å². The maximum atomic E-state index is 12.7. The fourth-order valence-corrected chi connectivity index (χ4v) is 3.55. The molecule has 0 spiro atoms. The van der Waals surface area contributed by atoms with E-state index in [4.69, 9.17) is 0 Å². The zero-order valence-electron chi connectivity index (χ0n) is 14.1. The molecule has 22 heavy (non-hydrogen) atoms. The van der Waals surface area contributed by atoms with Gasteiger partial charge in [-0.2, -0.15) is 0 Å². The molecule has 2 rings (SSSR count). The molecule has 1 saturated carbocycles. The summed E-state index contributed by atoms with van der Waals surface area (Å²) in [5, 5.41) is 4.00. The van der Waals surface area contributed by atoms with Crippen molar-refractivity contribution >= 4 is 17.7 Å². The molecule has 0 unspecified atom stereocenters. The van der Waals surface area contributed by atoms with Gasteiger partial charge in [-0.15, -0.1) is 11.8 Å². The van der Waals surface area contributed by atoms with Gasteiger partial charge in [-0.05, 0) is 26.0 Å². The van der Waals surface area contributed by atoms with Gasteiger partial charge in [-0.25, -0.2) is 9.97 Å². The SMILES string of the molecule is CSc1nc(C(C)C)nc(C)c1C(=O)NC1CCCCCC1. The van der Waals surface area contributed by atoms with Crippen molar-refractivity contribution < 1.29 is 4.79 Å². The third kappa shape index (κ3) is 4.22. The molecule has 1 aliphatic carbocycles. The Kier molecular flexibility index (Phi) is 6.24. The summed E-state index contributed by atoms with van der Waals surface area (Å²) in [6.45, 7) is 6.06. The number of carbonyl (C=O) groups is 1. The van der Waals surface area contributed by atoms with Crippen molar-refractivity contribution in [3.05, 3.63) is 17.1 Å². The van der Waals surface area contributed by atoms with Crippen LogP contribution in [0.2, 0.25) is 0 Å². The van der Waals surface area contributed by atoms with Gasteiger partial charge in [0.2, 0.25) is 0 Å². The molecule has 1 aliphatic rings. The standard InChI is InChI=1S/C17H27N3OS/c1-11(2)15-18-12(3)14(17(20-15)22-4)16(21)19-13-9-7-5-6-8-10-13/h11,13H,5-10H2,1-4H3,(H,19,21). The second-order valence-electron chi connectivity index (χ2n) is 6.37. The maximum Gasteiger partial charge on any atom is 0.256 e. The van der Waals surface area contributed by atoms with Gasteiger partial charge in [0.25, 0.3) is 5.91 Å². The van der Waals surface area contributed by atoms with Crippen molar-refractivity contribution in [1.82, 2.24) is 15.3 Å². The number of thioether (sulfide) groups is 1. The zero-order chi connectivity index (χ0) is 16.1. The number of amides is 1. The summed E-state index contributed by atoms with van der Waals surface area (Å²) < 4.78 is 0. The Hall–Kier alpha value is -1.10. The molecular weight excluding hydrogens is 294 g/mol. The first-order valence-electron chi connectivity index (χ1n) is 8.26. The van der Waals surface area contributed by atoms with Gasteiger partial charge in [0.1, 0.15) is 10.9 Å². The van der Waals surface area contributed by atoms with E-state index in [-0.39, 0.29) is 11.8 Å². The van der Waals surface area contributed by atoms with E-state index in [0.29, 0.717) is 11.6 Å². The monoisotopic (exact) mass is 321 g/mol. The van der Waals surface area contributed by atoms with Crippen LogP contribution < -0.4 is 5.32 Å². The molecule has 0 aliphatic heterocycles. The van der Waals surface area contributed by atoms with E-state index in [2.05, 4.69) is 29.1 Å². The van der Waals surface area contributed by atoms with Crippen LogP contribution in [0.15, 0.2) is 5.03 Å². The molecule has 0 aromatic carbocycles. The number of hydrogen-bond donors (Lipinski definition) is 1. The predicted octanol–water partition coefficient (Wildman–Crippen LogP) is 4.08. The fourth-order valence-electron chi connectivity index (χ4n) is 2.92. The van der Waals surface area contributed by atoms with E-state index < -0.39 is 0 Å². The highest BCUT2D eigenvalue weighted by atomic mass is 32.2. The number of nitrogens with zero attached hydrogens (tertiary/aromatic N) is 2. The number of aromatic nitrogens is 2. The third-order valence-electron chi connectivity index (χ3n) is 4.20. The number of hydrogen-bond acceptors (Lipinski definition) is 4. The lowest BCUT2D eigenvalue weighted by atomic mass is 10.1. The Morgan fingerprint density at radius 3 is 2.36 bits per heavy atom. The van der Waals surface area contributed by atoms with Crippen molar-refractivity contribution in [2.45, 2.75) is 76.3 Å². The Morgan fingerprint density at radius 2 is 1.82 bits per heavy atom. The van der Waals surface area contributed by atoms with Gasteiger partial charge in [0, 0.05) is 12.0 Å². The van der Waals surface area contributed by atoms with Crippen LogP contribution in [-0.4, -0.2) is 28.2 Å². The lowest BCUT2D eigenvalue weighted by Crippen LogP contribution is -2.35. The first-order valence-corrected chi connectivity index (χ1v) is 9.48. The van der Waals surface area contributed by atoms with Gasteiger partial charge < -0.3 is 5.32 Å². The Bertz CT molecular complexity index is 523. The van der Waals surface area contributed by atoms with Crippen LogP contribution in [-0.2, 0) is 0 Å². The molecule has 5 heteroatoms. The number of rotatable bonds is 4. The number of aryl methyl sites for hydroxylation is 1. The molecule has 1 aromatic heterocycles. The van der Waals surface area contributed by atoms with Crippen LogP contribution >= 0.6 is 11.8 Å². The minimum absolute atomic E-state index is 0.0101. The van der Waals surface area contributed by atoms with E-state index in [1.807, 2.05) is 13.2 Å². The van der Waals surface area contributed by atoms with Crippen LogP contribution in [0.5, 0.6) is 0 Å². The average molecular weight is 321 g/mol. The summed E-state index contributed by atoms with van der Waals surface area (Å²) in [5.41, 5.74) is 1.44.